The Hall–Kier alpha value is -1.33. The lowest BCUT2D eigenvalue weighted by atomic mass is 10.1. The van der Waals surface area contributed by atoms with Gasteiger partial charge in [-0.25, -0.2) is 0 Å². The molecule has 2 aromatic carbocycles. The molecule has 5 heteroatoms. The molecule has 0 heterocycles. The Morgan fingerprint density at radius 2 is 1.75 bits per heavy atom. The lowest BCUT2D eigenvalue weighted by Gasteiger charge is -2.12. The van der Waals surface area contributed by atoms with E-state index in [0.29, 0.717) is 16.9 Å². The average molecular weight is 398 g/mol. The zero-order valence-electron chi connectivity index (χ0n) is 11.1. The molecule has 0 bridgehead atoms. The Kier molecular flexibility index (Phi) is 4.50. The number of benzene rings is 2. The highest BCUT2D eigenvalue weighted by Crippen LogP contribution is 2.26. The number of carbonyl (C=O) groups is 1. The van der Waals surface area contributed by atoms with Gasteiger partial charge in [0.1, 0.15) is 0 Å². The second-order valence-corrected chi connectivity index (χ2v) is 6.37. The molecule has 0 aliphatic carbocycles. The van der Waals surface area contributed by atoms with E-state index in [-0.39, 0.29) is 5.91 Å². The van der Waals surface area contributed by atoms with Gasteiger partial charge in [-0.2, -0.15) is 0 Å². The summed E-state index contributed by atoms with van der Waals surface area (Å²) < 4.78 is 1.64. The number of amides is 1. The summed E-state index contributed by atoms with van der Waals surface area (Å²) in [4.78, 5) is 12.3. The number of nitrogens with one attached hydrogen (secondary N) is 1. The van der Waals surface area contributed by atoms with E-state index >= 15 is 0 Å². The minimum Gasteiger partial charge on any atom is -0.397 e. The van der Waals surface area contributed by atoms with Crippen molar-refractivity contribution in [3.8, 4) is 0 Å². The van der Waals surface area contributed by atoms with E-state index in [1.165, 1.54) is 0 Å². The van der Waals surface area contributed by atoms with Crippen molar-refractivity contribution in [1.82, 2.24) is 0 Å². The van der Waals surface area contributed by atoms with Crippen molar-refractivity contribution < 1.29 is 4.79 Å². The first-order valence-electron chi connectivity index (χ1n) is 6.01. The van der Waals surface area contributed by atoms with Crippen LogP contribution in [-0.4, -0.2) is 5.91 Å². The van der Waals surface area contributed by atoms with Crippen LogP contribution in [0.15, 0.2) is 39.3 Å². The number of aryl methyl sites for hydroxylation is 2. The molecule has 2 aromatic rings. The average Bonchev–Trinajstić information content (AvgIpc) is 2.35. The van der Waals surface area contributed by atoms with Gasteiger partial charge in [-0.1, -0.05) is 15.9 Å². The maximum atomic E-state index is 12.3. The van der Waals surface area contributed by atoms with E-state index in [1.807, 2.05) is 38.1 Å². The molecule has 0 aromatic heterocycles. The number of nitrogen functional groups attached to an aromatic ring is 1. The molecule has 0 fully saturated rings. The first kappa shape index (κ1) is 15.1. The summed E-state index contributed by atoms with van der Waals surface area (Å²) in [5.41, 5.74) is 9.89. The Labute approximate surface area is 134 Å². The number of hydrogen-bond donors (Lipinski definition) is 2. The van der Waals surface area contributed by atoms with Crippen LogP contribution in [0.1, 0.15) is 21.5 Å². The van der Waals surface area contributed by atoms with E-state index in [0.717, 1.165) is 20.1 Å². The van der Waals surface area contributed by atoms with Gasteiger partial charge >= 0.3 is 0 Å². The molecule has 2 rings (SSSR count). The van der Waals surface area contributed by atoms with Gasteiger partial charge in [0.2, 0.25) is 0 Å². The van der Waals surface area contributed by atoms with Crippen molar-refractivity contribution in [1.29, 1.82) is 0 Å². The van der Waals surface area contributed by atoms with Crippen LogP contribution < -0.4 is 11.1 Å². The van der Waals surface area contributed by atoms with Crippen LogP contribution in [0.2, 0.25) is 0 Å². The first-order valence-corrected chi connectivity index (χ1v) is 7.60. The van der Waals surface area contributed by atoms with Crippen LogP contribution in [0.3, 0.4) is 0 Å². The zero-order valence-corrected chi connectivity index (χ0v) is 14.3. The predicted molar refractivity (Wildman–Crippen MR) is 90.1 cm³/mol. The van der Waals surface area contributed by atoms with Crippen LogP contribution in [0, 0.1) is 13.8 Å². The Morgan fingerprint density at radius 1 is 1.10 bits per heavy atom. The number of nitrogens with two attached hydrogens (primary N) is 1. The lowest BCUT2D eigenvalue weighted by molar-refractivity contribution is 0.102. The van der Waals surface area contributed by atoms with E-state index in [9.17, 15) is 4.79 Å². The maximum Gasteiger partial charge on any atom is 0.256 e. The van der Waals surface area contributed by atoms with E-state index < -0.39 is 0 Å². The molecule has 0 saturated heterocycles. The molecule has 3 nitrogen and oxygen atoms in total. The normalized spacial score (nSPS) is 10.4. The quantitative estimate of drug-likeness (QED) is 0.723. The van der Waals surface area contributed by atoms with Crippen molar-refractivity contribution in [2.45, 2.75) is 13.8 Å². The monoisotopic (exact) mass is 396 g/mol. The molecule has 0 aliphatic rings. The highest BCUT2D eigenvalue weighted by molar-refractivity contribution is 9.11. The van der Waals surface area contributed by atoms with Crippen molar-refractivity contribution in [3.05, 3.63) is 56.0 Å². The Bertz CT molecular complexity index is 684. The number of hydrogen-bond acceptors (Lipinski definition) is 2. The summed E-state index contributed by atoms with van der Waals surface area (Å²) in [6, 6.07) is 9.15. The molecule has 0 unspecified atom stereocenters. The third-order valence-electron chi connectivity index (χ3n) is 3.09. The minimum absolute atomic E-state index is 0.195. The molecule has 3 N–H and O–H groups in total. The minimum atomic E-state index is -0.195. The van der Waals surface area contributed by atoms with Crippen molar-refractivity contribution in [3.63, 3.8) is 0 Å². The van der Waals surface area contributed by atoms with E-state index in [2.05, 4.69) is 37.2 Å². The van der Waals surface area contributed by atoms with Gasteiger partial charge in [0.05, 0.1) is 16.9 Å². The van der Waals surface area contributed by atoms with Crippen LogP contribution >= 0.6 is 31.9 Å². The van der Waals surface area contributed by atoms with Gasteiger partial charge in [-0.05, 0) is 71.2 Å². The topological polar surface area (TPSA) is 55.1 Å². The Balaban J connectivity index is 2.30. The van der Waals surface area contributed by atoms with Gasteiger partial charge in [-0.15, -0.1) is 0 Å². The van der Waals surface area contributed by atoms with Gasteiger partial charge < -0.3 is 11.1 Å². The predicted octanol–water partition coefficient (Wildman–Crippen LogP) is 4.66. The SMILES string of the molecule is Cc1cc(N)c(NC(=O)c2ccc(Br)cc2Br)cc1C. The molecule has 1 amide bonds. The van der Waals surface area contributed by atoms with Crippen LogP contribution in [-0.2, 0) is 0 Å². The summed E-state index contributed by atoms with van der Waals surface area (Å²) in [5, 5.41) is 2.85. The van der Waals surface area contributed by atoms with Gasteiger partial charge in [0, 0.05) is 8.95 Å². The van der Waals surface area contributed by atoms with Crippen molar-refractivity contribution in [2.75, 3.05) is 11.1 Å². The molecule has 0 radical (unpaired) electrons. The summed E-state index contributed by atoms with van der Waals surface area (Å²) in [6.07, 6.45) is 0. The lowest BCUT2D eigenvalue weighted by Crippen LogP contribution is -2.14. The number of halogens is 2. The fourth-order valence-electron chi connectivity index (χ4n) is 1.81. The highest BCUT2D eigenvalue weighted by atomic mass is 79.9. The van der Waals surface area contributed by atoms with E-state index in [1.54, 1.807) is 6.07 Å². The van der Waals surface area contributed by atoms with Gasteiger partial charge in [0.25, 0.3) is 5.91 Å². The van der Waals surface area contributed by atoms with Crippen LogP contribution in [0.5, 0.6) is 0 Å². The fraction of sp³-hybridized carbons (Fsp3) is 0.133. The largest absolute Gasteiger partial charge is 0.397 e. The number of anilines is 2. The van der Waals surface area contributed by atoms with Crippen molar-refractivity contribution >= 4 is 49.1 Å². The summed E-state index contributed by atoms with van der Waals surface area (Å²) >= 11 is 6.74. The molecule has 104 valence electrons. The molecular formula is C15H14Br2N2O. The Morgan fingerprint density at radius 3 is 2.40 bits per heavy atom. The summed E-state index contributed by atoms with van der Waals surface area (Å²) in [5.74, 6) is -0.195. The summed E-state index contributed by atoms with van der Waals surface area (Å²) in [6.45, 7) is 3.97. The molecular weight excluding hydrogens is 384 g/mol. The number of rotatable bonds is 2. The van der Waals surface area contributed by atoms with Crippen LogP contribution in [0.25, 0.3) is 0 Å². The number of carbonyl (C=O) groups excluding carboxylic acids is 1. The smallest absolute Gasteiger partial charge is 0.256 e. The summed E-state index contributed by atoms with van der Waals surface area (Å²) in [7, 11) is 0. The molecule has 0 atom stereocenters. The molecule has 0 saturated carbocycles. The molecule has 20 heavy (non-hydrogen) atoms. The van der Waals surface area contributed by atoms with Crippen molar-refractivity contribution in [2.24, 2.45) is 0 Å². The molecule has 0 aliphatic heterocycles. The molecule has 0 spiro atoms. The standard InChI is InChI=1S/C15H14Br2N2O/c1-8-5-13(18)14(6-9(8)2)19-15(20)11-4-3-10(16)7-12(11)17/h3-7H,18H2,1-2H3,(H,19,20). The zero-order chi connectivity index (χ0) is 14.9. The third-order valence-corrected chi connectivity index (χ3v) is 4.24. The fourth-order valence-corrected chi connectivity index (χ4v) is 3.04. The van der Waals surface area contributed by atoms with Gasteiger partial charge in [0.15, 0.2) is 0 Å². The second kappa shape index (κ2) is 5.97. The second-order valence-electron chi connectivity index (χ2n) is 4.60. The maximum absolute atomic E-state index is 12.3. The highest BCUT2D eigenvalue weighted by Gasteiger charge is 2.12. The van der Waals surface area contributed by atoms with Gasteiger partial charge in [-0.3, -0.25) is 4.79 Å². The third kappa shape index (κ3) is 3.22. The van der Waals surface area contributed by atoms with Crippen LogP contribution in [0.4, 0.5) is 11.4 Å². The first-order chi connectivity index (χ1) is 9.38. The van der Waals surface area contributed by atoms with E-state index in [4.69, 9.17) is 5.73 Å².